The first kappa shape index (κ1) is 36.3. The number of ether oxygens (including phenoxy) is 1. The van der Waals surface area contributed by atoms with E-state index in [4.69, 9.17) is 4.74 Å². The van der Waals surface area contributed by atoms with Crippen molar-refractivity contribution in [2.45, 2.75) is 69.6 Å². The van der Waals surface area contributed by atoms with Gasteiger partial charge in [-0.15, -0.1) is 0 Å². The van der Waals surface area contributed by atoms with Crippen molar-refractivity contribution < 1.29 is 28.8 Å². The van der Waals surface area contributed by atoms with E-state index in [9.17, 15) is 29.3 Å². The van der Waals surface area contributed by atoms with Crippen molar-refractivity contribution in [2.75, 3.05) is 50.8 Å². The van der Waals surface area contributed by atoms with E-state index in [0.717, 1.165) is 44.5 Å². The highest BCUT2D eigenvalue weighted by Gasteiger charge is 2.39. The predicted molar refractivity (Wildman–Crippen MR) is 184 cm³/mol. The van der Waals surface area contributed by atoms with Crippen LogP contribution in [0.25, 0.3) is 0 Å². The number of likely N-dealkylation sites (tertiary alicyclic amines) is 1. The fourth-order valence-corrected chi connectivity index (χ4v) is 6.35. The molecule has 0 radical (unpaired) electrons. The summed E-state index contributed by atoms with van der Waals surface area (Å²) in [6.45, 7) is 5.29. The zero-order valence-corrected chi connectivity index (χ0v) is 28.2. The highest BCUT2D eigenvalue weighted by molar-refractivity contribution is 5.85. The Bertz CT molecular complexity index is 1490. The number of amides is 3. The molecule has 0 saturated carbocycles. The van der Waals surface area contributed by atoms with Gasteiger partial charge in [-0.2, -0.15) is 10.2 Å². The minimum atomic E-state index is -0.482. The van der Waals surface area contributed by atoms with Crippen molar-refractivity contribution in [3.05, 3.63) is 58.6 Å². The average molecular weight is 692 g/mol. The summed E-state index contributed by atoms with van der Waals surface area (Å²) in [4.78, 5) is 65.4. The lowest BCUT2D eigenvalue weighted by atomic mass is 10.1. The second-order valence-corrected chi connectivity index (χ2v) is 12.6. The third-order valence-corrected chi connectivity index (χ3v) is 9.19. The maximum atomic E-state index is 13.2. The number of hydrogen-bond acceptors (Lipinski definition) is 12. The van der Waals surface area contributed by atoms with Crippen LogP contribution in [0.4, 0.5) is 22.7 Å². The lowest BCUT2D eigenvalue weighted by molar-refractivity contribution is -0.384. The molecule has 4 atom stereocenters. The van der Waals surface area contributed by atoms with Crippen LogP contribution in [0.15, 0.2) is 58.8 Å². The Hall–Kier alpha value is -4.96. The zero-order chi connectivity index (χ0) is 35.5. The first-order chi connectivity index (χ1) is 24.2. The zero-order valence-electron chi connectivity index (χ0n) is 28.2. The molecule has 3 heterocycles. The number of non-ortho nitro benzene ring substituents is 1. The molecule has 3 aliphatic heterocycles. The SMILES string of the molecule is CCN(CCOC(=O)CCC(=O)N1C[C@@H](NC(=O)[C@H]2CCCN2)[C@H](NC(=O)[C@H]2CCCN2)C1)c1ccc(N=Nc2ccc([N+](=O)[O-])cc2)cc1. The van der Waals surface area contributed by atoms with Gasteiger partial charge >= 0.3 is 5.97 Å². The Labute approximate surface area is 290 Å². The average Bonchev–Trinajstić information content (AvgIpc) is 3.93. The molecule has 3 amide bonds. The first-order valence-electron chi connectivity index (χ1n) is 17.2. The molecule has 2 aromatic carbocycles. The number of hydrogen-bond donors (Lipinski definition) is 4. The molecule has 3 saturated heterocycles. The molecule has 0 aliphatic carbocycles. The number of nitrogens with zero attached hydrogens (tertiary/aromatic N) is 5. The number of azo groups is 1. The number of nitrogens with one attached hydrogen (secondary N) is 4. The van der Waals surface area contributed by atoms with Gasteiger partial charge in [-0.25, -0.2) is 0 Å². The molecule has 2 aromatic rings. The van der Waals surface area contributed by atoms with E-state index in [-0.39, 0.29) is 68.0 Å². The number of anilines is 1. The minimum Gasteiger partial charge on any atom is -0.464 e. The third-order valence-electron chi connectivity index (χ3n) is 9.19. The van der Waals surface area contributed by atoms with E-state index in [1.54, 1.807) is 17.0 Å². The lowest BCUT2D eigenvalue weighted by Gasteiger charge is -2.23. The fraction of sp³-hybridized carbons (Fsp3) is 0.529. The van der Waals surface area contributed by atoms with Crippen molar-refractivity contribution in [2.24, 2.45) is 10.2 Å². The van der Waals surface area contributed by atoms with Crippen LogP contribution >= 0.6 is 0 Å². The molecule has 5 rings (SSSR count). The Morgan fingerprint density at radius 1 is 0.880 bits per heavy atom. The molecular formula is C34H45N9O7. The molecule has 50 heavy (non-hydrogen) atoms. The number of benzene rings is 2. The van der Waals surface area contributed by atoms with Gasteiger partial charge in [-0.05, 0) is 82.1 Å². The van der Waals surface area contributed by atoms with Gasteiger partial charge in [0.2, 0.25) is 17.7 Å². The molecule has 16 nitrogen and oxygen atoms in total. The summed E-state index contributed by atoms with van der Waals surface area (Å²) in [7, 11) is 0. The van der Waals surface area contributed by atoms with Crippen LogP contribution in [0.2, 0.25) is 0 Å². The Morgan fingerprint density at radius 2 is 1.42 bits per heavy atom. The van der Waals surface area contributed by atoms with Crippen molar-refractivity contribution in [1.29, 1.82) is 0 Å². The van der Waals surface area contributed by atoms with Crippen molar-refractivity contribution in [1.82, 2.24) is 26.2 Å². The quantitative estimate of drug-likeness (QED) is 0.0931. The Kier molecular flexibility index (Phi) is 12.8. The summed E-state index contributed by atoms with van der Waals surface area (Å²) in [5.41, 5.74) is 1.99. The van der Waals surface area contributed by atoms with Gasteiger partial charge in [0.1, 0.15) is 6.61 Å². The van der Waals surface area contributed by atoms with E-state index >= 15 is 0 Å². The number of carbonyl (C=O) groups is 4. The summed E-state index contributed by atoms with van der Waals surface area (Å²) < 4.78 is 5.45. The molecule has 0 spiro atoms. The number of nitro benzene ring substituents is 1. The summed E-state index contributed by atoms with van der Waals surface area (Å²) in [6.07, 6.45) is 3.21. The maximum absolute atomic E-state index is 13.2. The van der Waals surface area contributed by atoms with Crippen LogP contribution in [0.3, 0.4) is 0 Å². The lowest BCUT2D eigenvalue weighted by Crippen LogP contribution is -2.56. The van der Waals surface area contributed by atoms with Crippen LogP contribution in [0.5, 0.6) is 0 Å². The first-order valence-corrected chi connectivity index (χ1v) is 17.2. The van der Waals surface area contributed by atoms with Crippen molar-refractivity contribution in [3.63, 3.8) is 0 Å². The molecule has 0 unspecified atom stereocenters. The predicted octanol–water partition coefficient (Wildman–Crippen LogP) is 2.48. The minimum absolute atomic E-state index is 0.0173. The number of carbonyl (C=O) groups excluding carboxylic acids is 4. The molecule has 16 heteroatoms. The van der Waals surface area contributed by atoms with E-state index in [2.05, 4.69) is 31.5 Å². The largest absolute Gasteiger partial charge is 0.464 e. The monoisotopic (exact) mass is 691 g/mol. The summed E-state index contributed by atoms with van der Waals surface area (Å²) in [6, 6.07) is 11.7. The highest BCUT2D eigenvalue weighted by atomic mass is 16.6. The number of esters is 1. The van der Waals surface area contributed by atoms with E-state index in [1.165, 1.54) is 24.3 Å². The normalized spacial score (nSPS) is 21.7. The van der Waals surface area contributed by atoms with E-state index in [1.807, 2.05) is 24.0 Å². The molecule has 268 valence electrons. The van der Waals surface area contributed by atoms with Gasteiger partial charge < -0.3 is 35.8 Å². The van der Waals surface area contributed by atoms with Crippen molar-refractivity contribution >= 4 is 46.4 Å². The number of likely N-dealkylation sites (N-methyl/N-ethyl adjacent to an activating group) is 1. The van der Waals surface area contributed by atoms with Crippen molar-refractivity contribution in [3.8, 4) is 0 Å². The molecule has 0 bridgehead atoms. The van der Waals surface area contributed by atoms with E-state index < -0.39 is 23.0 Å². The molecule has 0 aromatic heterocycles. The van der Waals surface area contributed by atoms with Crippen LogP contribution in [0, 0.1) is 10.1 Å². The highest BCUT2D eigenvalue weighted by Crippen LogP contribution is 2.24. The van der Waals surface area contributed by atoms with Crippen LogP contribution < -0.4 is 26.2 Å². The smallest absolute Gasteiger partial charge is 0.306 e. The standard InChI is InChI=1S/C34H45N9O7/c1-2-41(25-11-7-23(8-12-25)39-40-24-9-13-26(14-10-24)43(48)49)19-20-50-32(45)16-15-31(44)42-21-29(37-33(46)27-5-3-17-35-27)30(22-42)38-34(47)28-6-4-18-36-28/h7-14,27-30,35-36H,2-6,15-22H2,1H3,(H,37,46)(H,38,47)/t27-,28-,29-,30-/m1/s1. The van der Waals surface area contributed by atoms with Gasteiger partial charge in [0.15, 0.2) is 0 Å². The fourth-order valence-electron chi connectivity index (χ4n) is 6.35. The van der Waals surface area contributed by atoms with Gasteiger partial charge in [0, 0.05) is 43.9 Å². The van der Waals surface area contributed by atoms with Gasteiger partial charge in [-0.1, -0.05) is 0 Å². The maximum Gasteiger partial charge on any atom is 0.306 e. The van der Waals surface area contributed by atoms with Gasteiger partial charge in [-0.3, -0.25) is 29.3 Å². The molecule has 3 aliphatic rings. The molecular weight excluding hydrogens is 646 g/mol. The topological polar surface area (TPSA) is 200 Å². The van der Waals surface area contributed by atoms with Gasteiger partial charge in [0.05, 0.1) is 53.4 Å². The number of nitro groups is 1. The molecule has 4 N–H and O–H groups in total. The van der Waals surface area contributed by atoms with Crippen LogP contribution in [-0.2, 0) is 23.9 Å². The Morgan fingerprint density at radius 3 is 1.90 bits per heavy atom. The third kappa shape index (κ3) is 10.0. The van der Waals surface area contributed by atoms with Crippen LogP contribution in [-0.4, -0.2) is 104 Å². The van der Waals surface area contributed by atoms with Gasteiger partial charge in [0.25, 0.3) is 5.69 Å². The summed E-state index contributed by atoms with van der Waals surface area (Å²) >= 11 is 0. The van der Waals surface area contributed by atoms with Crippen LogP contribution in [0.1, 0.15) is 45.4 Å². The second kappa shape index (κ2) is 17.6. The second-order valence-electron chi connectivity index (χ2n) is 12.6. The summed E-state index contributed by atoms with van der Waals surface area (Å²) in [5, 5.41) is 31.6. The Balaban J connectivity index is 1.05. The van der Waals surface area contributed by atoms with E-state index in [0.29, 0.717) is 24.5 Å². The number of rotatable bonds is 15. The molecule has 3 fully saturated rings. The summed E-state index contributed by atoms with van der Waals surface area (Å²) in [5.74, 6) is -0.987.